The van der Waals surface area contributed by atoms with Crippen molar-refractivity contribution in [2.75, 3.05) is 47.5 Å². The number of hydrogen-bond acceptors (Lipinski definition) is 8. The Bertz CT molecular complexity index is 1500. The van der Waals surface area contributed by atoms with Crippen LogP contribution in [0.2, 0.25) is 0 Å². The molecule has 0 amide bonds. The highest BCUT2D eigenvalue weighted by Gasteiger charge is 2.22. The van der Waals surface area contributed by atoms with Crippen molar-refractivity contribution in [3.05, 3.63) is 85.1 Å². The topological polar surface area (TPSA) is 111 Å². The fourth-order valence-corrected chi connectivity index (χ4v) is 8.42. The average molecular weight is 1050 g/mol. The van der Waals surface area contributed by atoms with E-state index in [0.29, 0.717) is 17.4 Å². The molecule has 0 aromatic rings. The molecule has 9 nitrogen and oxygen atoms in total. The van der Waals surface area contributed by atoms with E-state index in [-0.39, 0.29) is 38.6 Å². The van der Waals surface area contributed by atoms with Crippen LogP contribution >= 0.6 is 0 Å². The minimum absolute atomic E-state index is 0.140. The third-order valence-electron chi connectivity index (χ3n) is 13.1. The predicted octanol–water partition coefficient (Wildman–Crippen LogP) is 17.0. The summed E-state index contributed by atoms with van der Waals surface area (Å²) in [5.74, 6) is -2.31. The van der Waals surface area contributed by atoms with Gasteiger partial charge >= 0.3 is 11.9 Å². The van der Waals surface area contributed by atoms with Crippen molar-refractivity contribution < 1.29 is 42.9 Å². The van der Waals surface area contributed by atoms with E-state index in [1.54, 1.807) is 0 Å². The molecular formula is C66H115NO8. The fourth-order valence-electron chi connectivity index (χ4n) is 8.42. The maximum absolute atomic E-state index is 12.8. The monoisotopic (exact) mass is 1050 g/mol. The van der Waals surface area contributed by atoms with E-state index in [9.17, 15) is 19.5 Å². The van der Waals surface area contributed by atoms with Crippen molar-refractivity contribution in [2.24, 2.45) is 0 Å². The largest absolute Gasteiger partial charge is 0.545 e. The van der Waals surface area contributed by atoms with Crippen molar-refractivity contribution in [3.8, 4) is 0 Å². The Morgan fingerprint density at radius 3 is 1.13 bits per heavy atom. The number of quaternary nitrogens is 1. The molecule has 0 fully saturated rings. The molecule has 0 bridgehead atoms. The number of aliphatic carboxylic acids is 1. The van der Waals surface area contributed by atoms with Crippen LogP contribution in [0, 0.1) is 0 Å². The third kappa shape index (κ3) is 58.0. The summed E-state index contributed by atoms with van der Waals surface area (Å²) in [4.78, 5) is 37.3. The van der Waals surface area contributed by atoms with Crippen LogP contribution in [0.25, 0.3) is 0 Å². The molecule has 0 radical (unpaired) electrons. The molecule has 2 atom stereocenters. The zero-order valence-electron chi connectivity index (χ0n) is 49.1. The van der Waals surface area contributed by atoms with Crippen LogP contribution < -0.4 is 5.11 Å². The number of esters is 2. The number of carbonyl (C=O) groups is 3. The SMILES string of the molecule is CC/C=C\C/C=C\C/C=C\C/C=C\CCCCCCC(=O)OC(COC(=O)CCCCCCCCCCCCCCCCCCCC/C=C\C/C=C\C/C=C\CCCCCCC)COC(OCC[N+](C)(C)C)C(=O)[O-]. The zero-order chi connectivity index (χ0) is 54.8. The van der Waals surface area contributed by atoms with E-state index < -0.39 is 24.3 Å². The summed E-state index contributed by atoms with van der Waals surface area (Å²) >= 11 is 0. The van der Waals surface area contributed by atoms with Gasteiger partial charge in [0.05, 0.1) is 40.3 Å². The van der Waals surface area contributed by atoms with E-state index in [0.717, 1.165) is 83.5 Å². The first-order valence-corrected chi connectivity index (χ1v) is 30.7. The summed E-state index contributed by atoms with van der Waals surface area (Å²) in [6, 6.07) is 0. The normalized spacial score (nSPS) is 13.3. The number of hydrogen-bond donors (Lipinski definition) is 0. The van der Waals surface area contributed by atoms with E-state index in [1.807, 2.05) is 21.1 Å². The Morgan fingerprint density at radius 2 is 0.760 bits per heavy atom. The molecule has 0 N–H and O–H groups in total. The highest BCUT2D eigenvalue weighted by atomic mass is 16.7. The molecule has 9 heteroatoms. The molecule has 0 rings (SSSR count). The lowest BCUT2D eigenvalue weighted by atomic mass is 10.0. The maximum Gasteiger partial charge on any atom is 0.306 e. The van der Waals surface area contributed by atoms with Gasteiger partial charge in [0.1, 0.15) is 13.2 Å². The molecule has 0 spiro atoms. The minimum atomic E-state index is -1.63. The molecule has 0 aromatic heterocycles. The highest BCUT2D eigenvalue weighted by molar-refractivity contribution is 5.70. The van der Waals surface area contributed by atoms with Gasteiger partial charge in [0.25, 0.3) is 0 Å². The Morgan fingerprint density at radius 1 is 0.413 bits per heavy atom. The molecule has 0 saturated carbocycles. The number of carboxylic acid groups (broad SMARTS) is 1. The van der Waals surface area contributed by atoms with Crippen LogP contribution in [-0.2, 0) is 33.3 Å². The lowest BCUT2D eigenvalue weighted by Crippen LogP contribution is -2.44. The van der Waals surface area contributed by atoms with Gasteiger partial charge in [-0.05, 0) is 89.9 Å². The molecule has 0 aromatic carbocycles. The fraction of sp³-hybridized carbons (Fsp3) is 0.742. The zero-order valence-corrected chi connectivity index (χ0v) is 49.1. The second-order valence-corrected chi connectivity index (χ2v) is 21.6. The third-order valence-corrected chi connectivity index (χ3v) is 13.1. The maximum atomic E-state index is 12.8. The number of unbranched alkanes of at least 4 members (excludes halogenated alkanes) is 27. The van der Waals surface area contributed by atoms with Crippen LogP contribution in [-0.4, -0.2) is 82.3 Å². The number of ether oxygens (including phenoxy) is 4. The Balaban J connectivity index is 4.12. The van der Waals surface area contributed by atoms with Gasteiger partial charge in [0.15, 0.2) is 12.4 Å². The van der Waals surface area contributed by atoms with Crippen LogP contribution in [0.15, 0.2) is 85.1 Å². The summed E-state index contributed by atoms with van der Waals surface area (Å²) < 4.78 is 22.7. The molecule has 432 valence electrons. The molecule has 0 saturated heterocycles. The van der Waals surface area contributed by atoms with E-state index in [4.69, 9.17) is 18.9 Å². The second-order valence-electron chi connectivity index (χ2n) is 21.6. The number of rotatable bonds is 56. The number of nitrogens with zero attached hydrogens (tertiary/aromatic N) is 1. The Labute approximate surface area is 461 Å². The predicted molar refractivity (Wildman–Crippen MR) is 315 cm³/mol. The van der Waals surface area contributed by atoms with E-state index in [1.165, 1.54) is 141 Å². The first-order valence-electron chi connectivity index (χ1n) is 30.7. The molecule has 2 unspecified atom stereocenters. The number of carbonyl (C=O) groups excluding carboxylic acids is 3. The first-order chi connectivity index (χ1) is 36.6. The molecular weight excluding hydrogens is 935 g/mol. The van der Waals surface area contributed by atoms with Crippen LogP contribution in [0.1, 0.15) is 258 Å². The van der Waals surface area contributed by atoms with Gasteiger partial charge in [-0.1, -0.05) is 240 Å². The second kappa shape index (κ2) is 56.7. The van der Waals surface area contributed by atoms with Crippen molar-refractivity contribution in [3.63, 3.8) is 0 Å². The van der Waals surface area contributed by atoms with Crippen LogP contribution in [0.5, 0.6) is 0 Å². The average Bonchev–Trinajstić information content (AvgIpc) is 3.38. The standard InChI is InChI=1S/C66H115NO8/c1-6-8-10-12-14-16-18-20-22-24-25-26-27-28-29-30-31-32-33-34-35-36-37-38-39-41-42-44-46-48-50-52-54-56-63(68)73-60-62(61-74-66(65(70)71)72-59-58-67(3,4)5)75-64(69)57-55-53-51-49-47-45-43-40-23-21-19-17-15-13-11-9-7-2/h9,11,15,17-18,20-21,23-25,27-28,43,45,62,66H,6-8,10,12-14,16,19,22,26,29-42,44,46-61H2,1-5H3/b11-9-,17-15-,20-18-,23-21-,25-24-,28-27-,45-43-. The summed E-state index contributed by atoms with van der Waals surface area (Å²) in [6.45, 7) is 4.60. The van der Waals surface area contributed by atoms with Crippen LogP contribution in [0.3, 0.4) is 0 Å². The lowest BCUT2D eigenvalue weighted by Gasteiger charge is -2.26. The van der Waals surface area contributed by atoms with Crippen molar-refractivity contribution in [1.29, 1.82) is 0 Å². The number of allylic oxidation sites excluding steroid dienone is 14. The summed E-state index contributed by atoms with van der Waals surface area (Å²) in [5.41, 5.74) is 0. The van der Waals surface area contributed by atoms with Gasteiger partial charge in [-0.15, -0.1) is 0 Å². The quantitative estimate of drug-likeness (QED) is 0.0195. The van der Waals surface area contributed by atoms with Gasteiger partial charge < -0.3 is 33.3 Å². The number of likely N-dealkylation sites (N-methyl/N-ethyl adjacent to an activating group) is 1. The first kappa shape index (κ1) is 71.5. The minimum Gasteiger partial charge on any atom is -0.545 e. The number of carboxylic acids is 1. The lowest BCUT2D eigenvalue weighted by molar-refractivity contribution is -0.870. The van der Waals surface area contributed by atoms with E-state index in [2.05, 4.69) is 98.9 Å². The van der Waals surface area contributed by atoms with Crippen LogP contribution in [0.4, 0.5) is 0 Å². The molecule has 0 aliphatic heterocycles. The van der Waals surface area contributed by atoms with Gasteiger partial charge in [0.2, 0.25) is 0 Å². The molecule has 75 heavy (non-hydrogen) atoms. The summed E-state index contributed by atoms with van der Waals surface area (Å²) in [7, 11) is 5.91. The van der Waals surface area contributed by atoms with Gasteiger partial charge in [0, 0.05) is 12.8 Å². The summed E-state index contributed by atoms with van der Waals surface area (Å²) in [5, 5.41) is 11.8. The van der Waals surface area contributed by atoms with Crippen molar-refractivity contribution in [1.82, 2.24) is 0 Å². The van der Waals surface area contributed by atoms with Crippen molar-refractivity contribution in [2.45, 2.75) is 270 Å². The van der Waals surface area contributed by atoms with Gasteiger partial charge in [-0.3, -0.25) is 9.59 Å². The Hall–Kier alpha value is -3.53. The molecule has 0 aliphatic carbocycles. The van der Waals surface area contributed by atoms with E-state index >= 15 is 0 Å². The highest BCUT2D eigenvalue weighted by Crippen LogP contribution is 2.16. The van der Waals surface area contributed by atoms with Gasteiger partial charge in [-0.2, -0.15) is 0 Å². The van der Waals surface area contributed by atoms with Gasteiger partial charge in [-0.25, -0.2) is 0 Å². The summed E-state index contributed by atoms with van der Waals surface area (Å²) in [6.07, 6.45) is 72.2. The smallest absolute Gasteiger partial charge is 0.306 e. The molecule has 0 aliphatic rings. The van der Waals surface area contributed by atoms with Crippen molar-refractivity contribution >= 4 is 17.9 Å². The molecule has 0 heterocycles. The Kier molecular flexibility index (Phi) is 54.0.